The number of hydrogen-bond donors (Lipinski definition) is 2. The van der Waals surface area contributed by atoms with Crippen LogP contribution in [0, 0.1) is 0 Å². The lowest BCUT2D eigenvalue weighted by atomic mass is 10.1. The monoisotopic (exact) mass is 225 g/mol. The summed E-state index contributed by atoms with van der Waals surface area (Å²) < 4.78 is 0. The third kappa shape index (κ3) is 2.33. The van der Waals surface area contributed by atoms with Crippen LogP contribution in [0.4, 0.5) is 0 Å². The standard InChI is InChI=1S/C12H16ClNO/c1-8(13)7-14-12-10-5-3-2-4-9(10)6-11(12)15/h2-5,8,11-12,14-15H,6-7H2,1H3. The van der Waals surface area contributed by atoms with E-state index in [4.69, 9.17) is 11.6 Å². The Morgan fingerprint density at radius 2 is 2.27 bits per heavy atom. The Morgan fingerprint density at radius 3 is 3.00 bits per heavy atom. The van der Waals surface area contributed by atoms with Crippen LogP contribution in [0.25, 0.3) is 0 Å². The molecule has 1 aliphatic carbocycles. The number of fused-ring (bicyclic) bond motifs is 1. The van der Waals surface area contributed by atoms with E-state index in [0.717, 1.165) is 13.0 Å². The Bertz CT molecular complexity index is 340. The lowest BCUT2D eigenvalue weighted by Gasteiger charge is -2.18. The van der Waals surface area contributed by atoms with E-state index >= 15 is 0 Å². The third-order valence-electron chi connectivity index (χ3n) is 2.82. The van der Waals surface area contributed by atoms with E-state index in [-0.39, 0.29) is 17.5 Å². The molecule has 15 heavy (non-hydrogen) atoms. The highest BCUT2D eigenvalue weighted by atomic mass is 35.5. The van der Waals surface area contributed by atoms with Crippen LogP contribution in [-0.2, 0) is 6.42 Å². The molecule has 2 nitrogen and oxygen atoms in total. The van der Waals surface area contributed by atoms with Gasteiger partial charge < -0.3 is 10.4 Å². The van der Waals surface area contributed by atoms with Crippen molar-refractivity contribution in [1.29, 1.82) is 0 Å². The van der Waals surface area contributed by atoms with Crippen LogP contribution in [0.3, 0.4) is 0 Å². The van der Waals surface area contributed by atoms with Gasteiger partial charge >= 0.3 is 0 Å². The SMILES string of the molecule is CC(Cl)CNC1c2ccccc2CC1O. The van der Waals surface area contributed by atoms with Gasteiger partial charge in [0.1, 0.15) is 0 Å². The van der Waals surface area contributed by atoms with Crippen LogP contribution < -0.4 is 5.32 Å². The summed E-state index contributed by atoms with van der Waals surface area (Å²) in [6, 6.07) is 8.21. The van der Waals surface area contributed by atoms with Crippen molar-refractivity contribution in [2.75, 3.05) is 6.54 Å². The lowest BCUT2D eigenvalue weighted by Crippen LogP contribution is -2.32. The number of hydrogen-bond acceptors (Lipinski definition) is 2. The molecule has 0 saturated carbocycles. The molecule has 1 aliphatic rings. The maximum atomic E-state index is 9.92. The Labute approximate surface area is 95.3 Å². The minimum Gasteiger partial charge on any atom is -0.391 e. The number of benzene rings is 1. The Kier molecular flexibility index (Phi) is 3.29. The van der Waals surface area contributed by atoms with Crippen molar-refractivity contribution in [2.45, 2.75) is 30.9 Å². The normalized spacial score (nSPS) is 26.3. The molecule has 0 radical (unpaired) electrons. The van der Waals surface area contributed by atoms with Crippen LogP contribution in [0.1, 0.15) is 24.1 Å². The molecule has 0 aromatic heterocycles. The second-order valence-electron chi connectivity index (χ2n) is 4.14. The van der Waals surface area contributed by atoms with Crippen LogP contribution in [0.5, 0.6) is 0 Å². The molecule has 0 bridgehead atoms. The van der Waals surface area contributed by atoms with Gasteiger partial charge in [0, 0.05) is 18.3 Å². The molecule has 0 saturated heterocycles. The number of aliphatic hydroxyl groups excluding tert-OH is 1. The average molecular weight is 226 g/mol. The van der Waals surface area contributed by atoms with Crippen LogP contribution in [0.15, 0.2) is 24.3 Å². The average Bonchev–Trinajstić information content (AvgIpc) is 2.50. The Balaban J connectivity index is 2.11. The topological polar surface area (TPSA) is 32.3 Å². The largest absolute Gasteiger partial charge is 0.391 e. The van der Waals surface area contributed by atoms with Gasteiger partial charge in [-0.05, 0) is 18.1 Å². The summed E-state index contributed by atoms with van der Waals surface area (Å²) in [5.41, 5.74) is 2.45. The molecule has 0 amide bonds. The van der Waals surface area contributed by atoms with Gasteiger partial charge in [-0.1, -0.05) is 24.3 Å². The molecular weight excluding hydrogens is 210 g/mol. The van der Waals surface area contributed by atoms with E-state index in [1.807, 2.05) is 19.1 Å². The highest BCUT2D eigenvalue weighted by Gasteiger charge is 2.30. The minimum atomic E-state index is -0.321. The number of halogens is 1. The lowest BCUT2D eigenvalue weighted by molar-refractivity contribution is 0.142. The summed E-state index contributed by atoms with van der Waals surface area (Å²) in [5, 5.41) is 13.3. The predicted molar refractivity (Wildman–Crippen MR) is 62.2 cm³/mol. The van der Waals surface area contributed by atoms with Crippen molar-refractivity contribution < 1.29 is 5.11 Å². The highest BCUT2D eigenvalue weighted by molar-refractivity contribution is 6.20. The first-order valence-corrected chi connectivity index (χ1v) is 5.75. The number of aliphatic hydroxyl groups is 1. The second kappa shape index (κ2) is 4.52. The first-order valence-electron chi connectivity index (χ1n) is 5.32. The zero-order valence-electron chi connectivity index (χ0n) is 8.78. The van der Waals surface area contributed by atoms with Gasteiger partial charge in [-0.15, -0.1) is 11.6 Å². The van der Waals surface area contributed by atoms with E-state index in [1.165, 1.54) is 11.1 Å². The molecule has 2 rings (SSSR count). The maximum absolute atomic E-state index is 9.92. The van der Waals surface area contributed by atoms with Crippen molar-refractivity contribution in [1.82, 2.24) is 5.32 Å². The molecule has 0 heterocycles. The van der Waals surface area contributed by atoms with Crippen LogP contribution in [-0.4, -0.2) is 23.1 Å². The molecule has 82 valence electrons. The van der Waals surface area contributed by atoms with Crippen LogP contribution in [0.2, 0.25) is 0 Å². The van der Waals surface area contributed by atoms with Gasteiger partial charge in [0.2, 0.25) is 0 Å². The summed E-state index contributed by atoms with van der Waals surface area (Å²) in [6.07, 6.45) is 0.419. The minimum absolute atomic E-state index is 0.0439. The first kappa shape index (κ1) is 10.9. The van der Waals surface area contributed by atoms with E-state index in [2.05, 4.69) is 17.4 Å². The second-order valence-corrected chi connectivity index (χ2v) is 4.88. The zero-order chi connectivity index (χ0) is 10.8. The van der Waals surface area contributed by atoms with Crippen molar-refractivity contribution in [3.63, 3.8) is 0 Å². The fourth-order valence-corrected chi connectivity index (χ4v) is 2.20. The van der Waals surface area contributed by atoms with E-state index in [0.29, 0.717) is 0 Å². The number of nitrogens with one attached hydrogen (secondary N) is 1. The predicted octanol–water partition coefficient (Wildman–Crippen LogP) is 1.86. The quantitative estimate of drug-likeness (QED) is 0.770. The maximum Gasteiger partial charge on any atom is 0.0775 e. The van der Waals surface area contributed by atoms with E-state index in [1.54, 1.807) is 0 Å². The molecule has 3 heteroatoms. The smallest absolute Gasteiger partial charge is 0.0775 e. The molecule has 1 aromatic carbocycles. The summed E-state index contributed by atoms with van der Waals surface area (Å²) in [6.45, 7) is 2.67. The Hall–Kier alpha value is -0.570. The van der Waals surface area contributed by atoms with Crippen molar-refractivity contribution >= 4 is 11.6 Å². The van der Waals surface area contributed by atoms with Crippen molar-refractivity contribution in [2.24, 2.45) is 0 Å². The van der Waals surface area contributed by atoms with Gasteiger partial charge in [0.25, 0.3) is 0 Å². The summed E-state index contributed by atoms with van der Waals surface area (Å²) >= 11 is 5.89. The number of rotatable bonds is 3. The molecule has 0 aliphatic heterocycles. The molecule has 0 fully saturated rings. The molecule has 2 N–H and O–H groups in total. The third-order valence-corrected chi connectivity index (χ3v) is 2.98. The summed E-state index contributed by atoms with van der Waals surface area (Å²) in [5.74, 6) is 0. The van der Waals surface area contributed by atoms with Gasteiger partial charge in [-0.25, -0.2) is 0 Å². The first-order chi connectivity index (χ1) is 7.18. The van der Waals surface area contributed by atoms with Gasteiger partial charge in [-0.2, -0.15) is 0 Å². The Morgan fingerprint density at radius 1 is 1.53 bits per heavy atom. The molecule has 1 aromatic rings. The fourth-order valence-electron chi connectivity index (χ4n) is 2.11. The zero-order valence-corrected chi connectivity index (χ0v) is 9.54. The summed E-state index contributed by atoms with van der Waals surface area (Å²) in [4.78, 5) is 0. The van der Waals surface area contributed by atoms with E-state index in [9.17, 15) is 5.11 Å². The molecule has 3 atom stereocenters. The van der Waals surface area contributed by atoms with E-state index < -0.39 is 0 Å². The highest BCUT2D eigenvalue weighted by Crippen LogP contribution is 2.31. The molecule has 3 unspecified atom stereocenters. The van der Waals surface area contributed by atoms with Gasteiger partial charge in [0.15, 0.2) is 0 Å². The summed E-state index contributed by atoms with van der Waals surface area (Å²) in [7, 11) is 0. The van der Waals surface area contributed by atoms with Crippen molar-refractivity contribution in [3.05, 3.63) is 35.4 Å². The number of alkyl halides is 1. The molecular formula is C12H16ClNO. The molecule has 0 spiro atoms. The van der Waals surface area contributed by atoms with Crippen molar-refractivity contribution in [3.8, 4) is 0 Å². The fraction of sp³-hybridized carbons (Fsp3) is 0.500. The van der Waals surface area contributed by atoms with Crippen LogP contribution >= 0.6 is 11.6 Å². The van der Waals surface area contributed by atoms with Gasteiger partial charge in [-0.3, -0.25) is 0 Å². The van der Waals surface area contributed by atoms with Gasteiger partial charge in [0.05, 0.1) is 12.1 Å².